The van der Waals surface area contributed by atoms with Crippen LogP contribution in [-0.4, -0.2) is 14.6 Å². The molecule has 3 rings (SSSR count). The van der Waals surface area contributed by atoms with Gasteiger partial charge < -0.3 is 0 Å². The highest BCUT2D eigenvalue weighted by Crippen LogP contribution is 2.30. The Balaban J connectivity index is 2.02. The van der Waals surface area contributed by atoms with E-state index in [4.69, 9.17) is 5.26 Å². The Morgan fingerprint density at radius 3 is 2.38 bits per heavy atom. The molecule has 0 saturated heterocycles. The first-order valence-corrected chi connectivity index (χ1v) is 5.91. The second-order valence-corrected chi connectivity index (χ2v) is 4.34. The van der Waals surface area contributed by atoms with Crippen LogP contribution in [0.1, 0.15) is 11.1 Å². The standard InChI is InChI=1S/C14H7F3N4/c15-14(16,17)11-4-2-10(3-5-11)13-19-12-6-1-9(7-18)8-21(12)20-13/h1-6,8H. The van der Waals surface area contributed by atoms with E-state index in [2.05, 4.69) is 10.1 Å². The maximum absolute atomic E-state index is 12.5. The molecule has 0 radical (unpaired) electrons. The molecule has 0 N–H and O–H groups in total. The van der Waals surface area contributed by atoms with Crippen LogP contribution in [0.2, 0.25) is 0 Å². The van der Waals surface area contributed by atoms with Crippen molar-refractivity contribution in [2.45, 2.75) is 6.18 Å². The number of alkyl halides is 3. The van der Waals surface area contributed by atoms with Crippen LogP contribution in [-0.2, 0) is 6.18 Å². The van der Waals surface area contributed by atoms with Crippen LogP contribution >= 0.6 is 0 Å². The summed E-state index contributed by atoms with van der Waals surface area (Å²) in [7, 11) is 0. The van der Waals surface area contributed by atoms with E-state index in [0.717, 1.165) is 12.1 Å². The van der Waals surface area contributed by atoms with Crippen LogP contribution in [0.25, 0.3) is 17.0 Å². The van der Waals surface area contributed by atoms with Crippen LogP contribution in [0.3, 0.4) is 0 Å². The van der Waals surface area contributed by atoms with Gasteiger partial charge in [-0.3, -0.25) is 0 Å². The largest absolute Gasteiger partial charge is 0.416 e. The van der Waals surface area contributed by atoms with Crippen LogP contribution in [0.5, 0.6) is 0 Å². The summed E-state index contributed by atoms with van der Waals surface area (Å²) in [6.45, 7) is 0. The number of rotatable bonds is 1. The molecule has 0 spiro atoms. The van der Waals surface area contributed by atoms with Crippen molar-refractivity contribution in [3.63, 3.8) is 0 Å². The van der Waals surface area contributed by atoms with E-state index in [1.807, 2.05) is 6.07 Å². The summed E-state index contributed by atoms with van der Waals surface area (Å²) >= 11 is 0. The van der Waals surface area contributed by atoms with E-state index in [0.29, 0.717) is 22.6 Å². The number of nitriles is 1. The number of nitrogens with zero attached hydrogens (tertiary/aromatic N) is 4. The molecular formula is C14H7F3N4. The number of hydrogen-bond acceptors (Lipinski definition) is 3. The van der Waals surface area contributed by atoms with Gasteiger partial charge in [0.1, 0.15) is 6.07 Å². The highest BCUT2D eigenvalue weighted by atomic mass is 19.4. The summed E-state index contributed by atoms with van der Waals surface area (Å²) in [6, 6.07) is 9.82. The molecule has 0 unspecified atom stereocenters. The molecule has 0 atom stereocenters. The van der Waals surface area contributed by atoms with Gasteiger partial charge in [-0.15, -0.1) is 5.10 Å². The second-order valence-electron chi connectivity index (χ2n) is 4.34. The lowest BCUT2D eigenvalue weighted by molar-refractivity contribution is -0.137. The third-order valence-corrected chi connectivity index (χ3v) is 2.93. The molecular weight excluding hydrogens is 281 g/mol. The van der Waals surface area contributed by atoms with E-state index in [-0.39, 0.29) is 0 Å². The van der Waals surface area contributed by atoms with Crippen molar-refractivity contribution in [1.82, 2.24) is 14.6 Å². The third-order valence-electron chi connectivity index (χ3n) is 2.93. The van der Waals surface area contributed by atoms with E-state index in [1.165, 1.54) is 22.8 Å². The molecule has 1 aromatic carbocycles. The van der Waals surface area contributed by atoms with Crippen molar-refractivity contribution < 1.29 is 13.2 Å². The first-order chi connectivity index (χ1) is 9.97. The lowest BCUT2D eigenvalue weighted by Gasteiger charge is -2.05. The van der Waals surface area contributed by atoms with Crippen molar-refractivity contribution in [3.8, 4) is 17.5 Å². The normalized spacial score (nSPS) is 11.5. The van der Waals surface area contributed by atoms with Crippen LogP contribution < -0.4 is 0 Å². The van der Waals surface area contributed by atoms with Gasteiger partial charge in [-0.1, -0.05) is 12.1 Å². The third kappa shape index (κ3) is 2.43. The quantitative estimate of drug-likeness (QED) is 0.690. The topological polar surface area (TPSA) is 54.0 Å². The Hall–Kier alpha value is -2.88. The van der Waals surface area contributed by atoms with Gasteiger partial charge in [0.15, 0.2) is 11.5 Å². The van der Waals surface area contributed by atoms with Gasteiger partial charge in [0.05, 0.1) is 11.1 Å². The fraction of sp³-hybridized carbons (Fsp3) is 0.0714. The summed E-state index contributed by atoms with van der Waals surface area (Å²) in [4.78, 5) is 4.21. The van der Waals surface area contributed by atoms with Crippen molar-refractivity contribution in [1.29, 1.82) is 5.26 Å². The molecule has 0 amide bonds. The van der Waals surface area contributed by atoms with E-state index < -0.39 is 11.7 Å². The van der Waals surface area contributed by atoms with E-state index in [9.17, 15) is 13.2 Å². The zero-order chi connectivity index (χ0) is 15.0. The zero-order valence-corrected chi connectivity index (χ0v) is 10.5. The summed E-state index contributed by atoms with van der Waals surface area (Å²) in [5.41, 5.74) is 0.697. The number of benzene rings is 1. The van der Waals surface area contributed by atoms with Gasteiger partial charge >= 0.3 is 6.18 Å². The smallest absolute Gasteiger partial charge is 0.219 e. The van der Waals surface area contributed by atoms with Gasteiger partial charge in [-0.05, 0) is 24.3 Å². The minimum absolute atomic E-state index is 0.304. The molecule has 0 aliphatic heterocycles. The highest BCUT2D eigenvalue weighted by molar-refractivity contribution is 5.59. The molecule has 4 nitrogen and oxygen atoms in total. The van der Waals surface area contributed by atoms with E-state index >= 15 is 0 Å². The average molecular weight is 288 g/mol. The average Bonchev–Trinajstić information content (AvgIpc) is 2.89. The van der Waals surface area contributed by atoms with Gasteiger partial charge in [-0.2, -0.15) is 18.4 Å². The Kier molecular flexibility index (Phi) is 2.87. The Morgan fingerprint density at radius 2 is 1.76 bits per heavy atom. The first kappa shape index (κ1) is 13.1. The predicted molar refractivity (Wildman–Crippen MR) is 68.1 cm³/mol. The monoisotopic (exact) mass is 288 g/mol. The number of aromatic nitrogens is 3. The highest BCUT2D eigenvalue weighted by Gasteiger charge is 2.30. The Bertz CT molecular complexity index is 841. The van der Waals surface area contributed by atoms with Gasteiger partial charge in [0.2, 0.25) is 0 Å². The molecule has 104 valence electrons. The minimum atomic E-state index is -4.37. The molecule has 3 aromatic rings. The molecule has 0 bridgehead atoms. The molecule has 7 heteroatoms. The fourth-order valence-corrected chi connectivity index (χ4v) is 1.88. The van der Waals surface area contributed by atoms with Gasteiger partial charge in [0.25, 0.3) is 0 Å². The number of pyridine rings is 1. The minimum Gasteiger partial charge on any atom is -0.219 e. The molecule has 0 aliphatic carbocycles. The summed E-state index contributed by atoms with van der Waals surface area (Å²) < 4.78 is 38.9. The predicted octanol–water partition coefficient (Wildman–Crippen LogP) is 3.29. The summed E-state index contributed by atoms with van der Waals surface area (Å²) in [6.07, 6.45) is -2.86. The molecule has 0 fully saturated rings. The second kappa shape index (κ2) is 4.59. The maximum Gasteiger partial charge on any atom is 0.416 e. The maximum atomic E-state index is 12.5. The Morgan fingerprint density at radius 1 is 1.05 bits per heavy atom. The van der Waals surface area contributed by atoms with Crippen LogP contribution in [0.15, 0.2) is 42.6 Å². The van der Waals surface area contributed by atoms with E-state index in [1.54, 1.807) is 12.1 Å². The van der Waals surface area contributed by atoms with Gasteiger partial charge in [-0.25, -0.2) is 9.50 Å². The number of fused-ring (bicyclic) bond motifs is 1. The number of halogens is 3. The molecule has 21 heavy (non-hydrogen) atoms. The van der Waals surface area contributed by atoms with Crippen molar-refractivity contribution in [2.24, 2.45) is 0 Å². The molecule has 0 saturated carbocycles. The fourth-order valence-electron chi connectivity index (χ4n) is 1.88. The molecule has 2 heterocycles. The SMILES string of the molecule is N#Cc1ccc2nc(-c3ccc(C(F)(F)F)cc3)nn2c1. The first-order valence-electron chi connectivity index (χ1n) is 5.91. The van der Waals surface area contributed by atoms with Crippen LogP contribution in [0.4, 0.5) is 13.2 Å². The lowest BCUT2D eigenvalue weighted by atomic mass is 10.1. The van der Waals surface area contributed by atoms with Crippen molar-refractivity contribution >= 4 is 5.65 Å². The number of hydrogen-bond donors (Lipinski definition) is 0. The lowest BCUT2D eigenvalue weighted by Crippen LogP contribution is -2.04. The summed E-state index contributed by atoms with van der Waals surface area (Å²) in [5.74, 6) is 0.304. The molecule has 2 aromatic heterocycles. The Labute approximate surface area is 117 Å². The van der Waals surface area contributed by atoms with Crippen molar-refractivity contribution in [3.05, 3.63) is 53.7 Å². The van der Waals surface area contributed by atoms with Gasteiger partial charge in [0, 0.05) is 11.8 Å². The molecule has 0 aliphatic rings. The summed E-state index contributed by atoms with van der Waals surface area (Å²) in [5, 5.41) is 13.0. The zero-order valence-electron chi connectivity index (χ0n) is 10.5. The van der Waals surface area contributed by atoms with Crippen molar-refractivity contribution in [2.75, 3.05) is 0 Å². The van der Waals surface area contributed by atoms with Crippen LogP contribution in [0, 0.1) is 11.3 Å².